The van der Waals surface area contributed by atoms with Gasteiger partial charge in [0.05, 0.1) is 18.5 Å². The number of nitrogens with one attached hydrogen (secondary N) is 3. The van der Waals surface area contributed by atoms with Crippen LogP contribution in [0.3, 0.4) is 0 Å². The third-order valence-corrected chi connectivity index (χ3v) is 5.33. The largest absolute Gasteiger partial charge is 0.392 e. The van der Waals surface area contributed by atoms with E-state index in [0.717, 1.165) is 12.8 Å². The van der Waals surface area contributed by atoms with E-state index in [1.165, 1.54) is 21.5 Å². The lowest BCUT2D eigenvalue weighted by Crippen LogP contribution is -2.27. The molecule has 0 radical (unpaired) electrons. The number of carbonyl (C=O) groups excluding carboxylic acids is 1. The Morgan fingerprint density at radius 2 is 2.03 bits per heavy atom. The smallest absolute Gasteiger partial charge is 0.279 e. The molecule has 1 fully saturated rings. The molecule has 11 heteroatoms. The standard InChI is InChI=1S/C22H22N8O3/c1-23-16-9-18(28-30-17(11-25-20(16)30)21(32)26-14-5-6-14)27-15-3-2-8-29(22(15)33)19-7-4-13(12-31)10-24-19/h2-4,7-11,14,23,31H,5-6,12H2,1H3,(H,26,32)(H,27,28). The Labute approximate surface area is 188 Å². The van der Waals surface area contributed by atoms with Gasteiger partial charge >= 0.3 is 0 Å². The molecule has 0 saturated heterocycles. The number of aliphatic hydroxyl groups is 1. The average molecular weight is 446 g/mol. The van der Waals surface area contributed by atoms with Crippen molar-refractivity contribution in [2.75, 3.05) is 17.7 Å². The lowest BCUT2D eigenvalue weighted by Gasteiger charge is -2.12. The van der Waals surface area contributed by atoms with E-state index in [4.69, 9.17) is 0 Å². The zero-order valence-electron chi connectivity index (χ0n) is 17.8. The summed E-state index contributed by atoms with van der Waals surface area (Å²) in [5.74, 6) is 0.550. The summed E-state index contributed by atoms with van der Waals surface area (Å²) in [6.07, 6.45) is 6.57. The van der Waals surface area contributed by atoms with Gasteiger partial charge in [0, 0.05) is 31.5 Å². The summed E-state index contributed by atoms with van der Waals surface area (Å²) in [6, 6.07) is 8.65. The molecule has 1 aliphatic rings. The molecule has 0 aromatic carbocycles. The summed E-state index contributed by atoms with van der Waals surface area (Å²) in [5.41, 5.74) is 2.07. The SMILES string of the molecule is CNc1cc(Nc2cccn(-c3ccc(CO)cn3)c2=O)nn2c(C(=O)NC3CC3)cnc12. The third kappa shape index (κ3) is 4.01. The summed E-state index contributed by atoms with van der Waals surface area (Å²) >= 11 is 0. The zero-order chi connectivity index (χ0) is 22.9. The molecule has 11 nitrogen and oxygen atoms in total. The summed E-state index contributed by atoms with van der Waals surface area (Å²) in [6.45, 7) is -0.124. The number of aliphatic hydroxyl groups excluding tert-OH is 1. The Balaban J connectivity index is 1.51. The highest BCUT2D eigenvalue weighted by molar-refractivity contribution is 5.94. The van der Waals surface area contributed by atoms with Crippen LogP contribution in [-0.2, 0) is 6.61 Å². The maximum absolute atomic E-state index is 13.1. The Kier molecular flexibility index (Phi) is 5.23. The van der Waals surface area contributed by atoms with Crippen LogP contribution in [0.15, 0.2) is 53.7 Å². The van der Waals surface area contributed by atoms with Crippen molar-refractivity contribution in [3.63, 3.8) is 0 Å². The van der Waals surface area contributed by atoms with E-state index < -0.39 is 0 Å². The highest BCUT2D eigenvalue weighted by Gasteiger charge is 2.26. The Morgan fingerprint density at radius 1 is 1.18 bits per heavy atom. The summed E-state index contributed by atoms with van der Waals surface area (Å²) in [7, 11) is 1.74. The predicted molar refractivity (Wildman–Crippen MR) is 122 cm³/mol. The van der Waals surface area contributed by atoms with E-state index in [1.807, 2.05) is 0 Å². The van der Waals surface area contributed by atoms with Crippen LogP contribution >= 0.6 is 0 Å². The maximum Gasteiger partial charge on any atom is 0.279 e. The Morgan fingerprint density at radius 3 is 2.73 bits per heavy atom. The van der Waals surface area contributed by atoms with E-state index in [-0.39, 0.29) is 29.8 Å². The molecule has 0 unspecified atom stereocenters. The number of nitrogens with zero attached hydrogens (tertiary/aromatic N) is 5. The first-order valence-corrected chi connectivity index (χ1v) is 10.5. The molecule has 4 aromatic rings. The fraction of sp³-hybridized carbons (Fsp3) is 0.227. The van der Waals surface area contributed by atoms with E-state index in [1.54, 1.807) is 43.6 Å². The molecule has 4 aromatic heterocycles. The minimum absolute atomic E-state index is 0.124. The molecule has 4 heterocycles. The van der Waals surface area contributed by atoms with Crippen LogP contribution in [0.1, 0.15) is 28.9 Å². The van der Waals surface area contributed by atoms with Crippen LogP contribution in [0.25, 0.3) is 11.5 Å². The first-order chi connectivity index (χ1) is 16.1. The number of hydrogen-bond acceptors (Lipinski definition) is 8. The van der Waals surface area contributed by atoms with E-state index in [9.17, 15) is 14.7 Å². The number of anilines is 3. The van der Waals surface area contributed by atoms with Crippen molar-refractivity contribution in [1.29, 1.82) is 0 Å². The van der Waals surface area contributed by atoms with Crippen LogP contribution in [0.2, 0.25) is 0 Å². The minimum atomic E-state index is -0.327. The van der Waals surface area contributed by atoms with E-state index >= 15 is 0 Å². The fourth-order valence-corrected chi connectivity index (χ4v) is 3.42. The average Bonchev–Trinajstić information content (AvgIpc) is 3.55. The maximum atomic E-state index is 13.1. The van der Waals surface area contributed by atoms with Crippen molar-refractivity contribution >= 4 is 28.7 Å². The van der Waals surface area contributed by atoms with Gasteiger partial charge in [-0.05, 0) is 36.6 Å². The van der Waals surface area contributed by atoms with Crippen molar-refractivity contribution in [3.8, 4) is 5.82 Å². The van der Waals surface area contributed by atoms with E-state index in [0.29, 0.717) is 34.2 Å². The molecule has 4 N–H and O–H groups in total. The van der Waals surface area contributed by atoms with Gasteiger partial charge in [-0.3, -0.25) is 14.2 Å². The number of hydrogen-bond donors (Lipinski definition) is 4. The number of aromatic nitrogens is 5. The highest BCUT2D eigenvalue weighted by Crippen LogP contribution is 2.23. The number of rotatable bonds is 7. The zero-order valence-corrected chi connectivity index (χ0v) is 17.8. The molecule has 33 heavy (non-hydrogen) atoms. The van der Waals surface area contributed by atoms with Crippen molar-refractivity contribution in [2.45, 2.75) is 25.5 Å². The Hall–Kier alpha value is -4.25. The van der Waals surface area contributed by atoms with Crippen LogP contribution in [0.5, 0.6) is 0 Å². The second kappa shape index (κ2) is 8.36. The molecule has 1 saturated carbocycles. The topological polar surface area (TPSA) is 138 Å². The van der Waals surface area contributed by atoms with Gasteiger partial charge in [-0.15, -0.1) is 5.10 Å². The van der Waals surface area contributed by atoms with Gasteiger partial charge < -0.3 is 21.1 Å². The molecular formula is C22H22N8O3. The van der Waals surface area contributed by atoms with Gasteiger partial charge in [-0.1, -0.05) is 6.07 Å². The van der Waals surface area contributed by atoms with E-state index in [2.05, 4.69) is 31.0 Å². The molecule has 1 aliphatic carbocycles. The van der Waals surface area contributed by atoms with Gasteiger partial charge in [0.1, 0.15) is 11.5 Å². The third-order valence-electron chi connectivity index (χ3n) is 5.33. The molecule has 0 aliphatic heterocycles. The molecule has 168 valence electrons. The molecule has 5 rings (SSSR count). The van der Waals surface area contributed by atoms with Crippen LogP contribution in [0.4, 0.5) is 17.2 Å². The summed E-state index contributed by atoms with van der Waals surface area (Å²) in [5, 5.41) is 22.8. The lowest BCUT2D eigenvalue weighted by atomic mass is 10.3. The second-order valence-electron chi connectivity index (χ2n) is 7.72. The Bertz CT molecular complexity index is 1390. The number of fused-ring (bicyclic) bond motifs is 1. The van der Waals surface area contributed by atoms with Crippen LogP contribution < -0.4 is 21.5 Å². The number of pyridine rings is 2. The monoisotopic (exact) mass is 446 g/mol. The summed E-state index contributed by atoms with van der Waals surface area (Å²) in [4.78, 5) is 34.3. The first kappa shape index (κ1) is 20.6. The molecule has 0 spiro atoms. The van der Waals surface area contributed by atoms with Crippen molar-refractivity contribution in [3.05, 3.63) is 70.5 Å². The van der Waals surface area contributed by atoms with Gasteiger partial charge in [0.25, 0.3) is 11.5 Å². The van der Waals surface area contributed by atoms with Gasteiger partial charge in [-0.25, -0.2) is 14.5 Å². The molecule has 0 atom stereocenters. The van der Waals surface area contributed by atoms with Gasteiger partial charge in [-0.2, -0.15) is 0 Å². The molecule has 0 bridgehead atoms. The van der Waals surface area contributed by atoms with Crippen molar-refractivity contribution < 1.29 is 9.90 Å². The fourth-order valence-electron chi connectivity index (χ4n) is 3.42. The second-order valence-corrected chi connectivity index (χ2v) is 7.72. The van der Waals surface area contributed by atoms with Crippen LogP contribution in [-0.4, -0.2) is 48.3 Å². The van der Waals surface area contributed by atoms with Crippen molar-refractivity contribution in [1.82, 2.24) is 29.5 Å². The lowest BCUT2D eigenvalue weighted by molar-refractivity contribution is 0.0944. The minimum Gasteiger partial charge on any atom is -0.392 e. The number of amides is 1. The van der Waals surface area contributed by atoms with Gasteiger partial charge in [0.15, 0.2) is 17.2 Å². The quantitative estimate of drug-likeness (QED) is 0.335. The van der Waals surface area contributed by atoms with Crippen LogP contribution in [0, 0.1) is 0 Å². The number of imidazole rings is 1. The van der Waals surface area contributed by atoms with Gasteiger partial charge in [0.2, 0.25) is 0 Å². The summed E-state index contributed by atoms with van der Waals surface area (Å²) < 4.78 is 2.86. The highest BCUT2D eigenvalue weighted by atomic mass is 16.3. The molecule has 1 amide bonds. The first-order valence-electron chi connectivity index (χ1n) is 10.5. The normalized spacial score (nSPS) is 13.2. The predicted octanol–water partition coefficient (Wildman–Crippen LogP) is 1.44. The van der Waals surface area contributed by atoms with Crippen molar-refractivity contribution in [2.24, 2.45) is 0 Å². The molecular weight excluding hydrogens is 424 g/mol. The number of carbonyl (C=O) groups is 1.